The van der Waals surface area contributed by atoms with Gasteiger partial charge in [-0.25, -0.2) is 4.98 Å². The van der Waals surface area contributed by atoms with E-state index in [4.69, 9.17) is 4.74 Å². The SMILES string of the molecule is CCc1[nH]c(Br)nc1-c1ccccc1OC. The number of methoxy groups -OCH3 is 1. The van der Waals surface area contributed by atoms with Crippen molar-refractivity contribution in [2.24, 2.45) is 0 Å². The van der Waals surface area contributed by atoms with Crippen molar-refractivity contribution in [2.75, 3.05) is 7.11 Å². The van der Waals surface area contributed by atoms with Gasteiger partial charge < -0.3 is 9.72 Å². The number of para-hydroxylation sites is 1. The third-order valence-electron chi connectivity index (χ3n) is 2.47. The van der Waals surface area contributed by atoms with Crippen LogP contribution in [0.4, 0.5) is 0 Å². The van der Waals surface area contributed by atoms with Gasteiger partial charge in [0.25, 0.3) is 0 Å². The highest BCUT2D eigenvalue weighted by Crippen LogP contribution is 2.31. The Morgan fingerprint density at radius 3 is 2.81 bits per heavy atom. The fourth-order valence-electron chi connectivity index (χ4n) is 1.70. The van der Waals surface area contributed by atoms with Crippen molar-refractivity contribution in [1.82, 2.24) is 9.97 Å². The van der Waals surface area contributed by atoms with Gasteiger partial charge in [0.05, 0.1) is 12.8 Å². The number of halogens is 1. The van der Waals surface area contributed by atoms with Gasteiger partial charge in [0.15, 0.2) is 4.73 Å². The maximum absolute atomic E-state index is 5.34. The van der Waals surface area contributed by atoms with Crippen LogP contribution in [-0.2, 0) is 6.42 Å². The standard InChI is InChI=1S/C12H13BrN2O/c1-3-9-11(15-12(13)14-9)8-6-4-5-7-10(8)16-2/h4-7H,3H2,1-2H3,(H,14,15). The van der Waals surface area contributed by atoms with Gasteiger partial charge in [0, 0.05) is 11.3 Å². The number of rotatable bonds is 3. The first kappa shape index (κ1) is 11.2. The van der Waals surface area contributed by atoms with Gasteiger partial charge in [-0.2, -0.15) is 0 Å². The van der Waals surface area contributed by atoms with Crippen molar-refractivity contribution >= 4 is 15.9 Å². The number of imidazole rings is 1. The van der Waals surface area contributed by atoms with E-state index in [0.717, 1.165) is 33.9 Å². The minimum absolute atomic E-state index is 0.755. The van der Waals surface area contributed by atoms with Gasteiger partial charge in [-0.05, 0) is 34.5 Å². The van der Waals surface area contributed by atoms with Gasteiger partial charge in [-0.3, -0.25) is 0 Å². The lowest BCUT2D eigenvalue weighted by atomic mass is 10.1. The molecule has 1 N–H and O–H groups in total. The van der Waals surface area contributed by atoms with Gasteiger partial charge in [-0.1, -0.05) is 19.1 Å². The zero-order valence-corrected chi connectivity index (χ0v) is 10.8. The van der Waals surface area contributed by atoms with Crippen LogP contribution in [0, 0.1) is 0 Å². The fourth-order valence-corrected chi connectivity index (χ4v) is 2.11. The number of aryl methyl sites for hydroxylation is 1. The second kappa shape index (κ2) is 4.70. The number of aromatic nitrogens is 2. The topological polar surface area (TPSA) is 37.9 Å². The summed E-state index contributed by atoms with van der Waals surface area (Å²) in [6.07, 6.45) is 0.909. The molecule has 0 amide bonds. The number of nitrogens with one attached hydrogen (secondary N) is 1. The zero-order chi connectivity index (χ0) is 11.5. The second-order valence-electron chi connectivity index (χ2n) is 3.41. The average Bonchev–Trinajstić information content (AvgIpc) is 2.70. The number of hydrogen-bond donors (Lipinski definition) is 1. The number of nitrogens with zero attached hydrogens (tertiary/aromatic N) is 1. The van der Waals surface area contributed by atoms with E-state index in [1.807, 2.05) is 24.3 Å². The summed E-state index contributed by atoms with van der Waals surface area (Å²) in [7, 11) is 1.67. The molecule has 0 unspecified atom stereocenters. The van der Waals surface area contributed by atoms with E-state index >= 15 is 0 Å². The van der Waals surface area contributed by atoms with Crippen molar-refractivity contribution in [2.45, 2.75) is 13.3 Å². The van der Waals surface area contributed by atoms with Gasteiger partial charge in [-0.15, -0.1) is 0 Å². The largest absolute Gasteiger partial charge is 0.496 e. The molecule has 1 aromatic carbocycles. The predicted octanol–water partition coefficient (Wildman–Crippen LogP) is 3.41. The van der Waals surface area contributed by atoms with Crippen molar-refractivity contribution in [3.05, 3.63) is 34.7 Å². The van der Waals surface area contributed by atoms with Crippen LogP contribution >= 0.6 is 15.9 Å². The third kappa shape index (κ3) is 1.97. The van der Waals surface area contributed by atoms with E-state index in [2.05, 4.69) is 32.8 Å². The quantitative estimate of drug-likeness (QED) is 0.936. The molecule has 0 fully saturated rings. The lowest BCUT2D eigenvalue weighted by Gasteiger charge is -2.06. The smallest absolute Gasteiger partial charge is 0.175 e. The van der Waals surface area contributed by atoms with E-state index < -0.39 is 0 Å². The van der Waals surface area contributed by atoms with Crippen molar-refractivity contribution in [3.63, 3.8) is 0 Å². The second-order valence-corrected chi connectivity index (χ2v) is 4.16. The number of aromatic amines is 1. The molecule has 2 aromatic rings. The highest BCUT2D eigenvalue weighted by molar-refractivity contribution is 9.10. The lowest BCUT2D eigenvalue weighted by molar-refractivity contribution is 0.416. The lowest BCUT2D eigenvalue weighted by Crippen LogP contribution is -1.90. The Morgan fingerprint density at radius 1 is 1.38 bits per heavy atom. The molecule has 0 atom stereocenters. The molecule has 0 spiro atoms. The molecule has 0 saturated heterocycles. The van der Waals surface area contributed by atoms with Crippen LogP contribution < -0.4 is 4.74 Å². The van der Waals surface area contributed by atoms with Crippen LogP contribution in [0.3, 0.4) is 0 Å². The number of H-pyrrole nitrogens is 1. The third-order valence-corrected chi connectivity index (χ3v) is 2.84. The van der Waals surface area contributed by atoms with E-state index in [1.54, 1.807) is 7.11 Å². The Bertz CT molecular complexity index is 494. The van der Waals surface area contributed by atoms with Crippen LogP contribution in [0.1, 0.15) is 12.6 Å². The molecule has 0 aliphatic rings. The van der Waals surface area contributed by atoms with Crippen LogP contribution in [0.15, 0.2) is 29.0 Å². The van der Waals surface area contributed by atoms with Crippen LogP contribution in [0.2, 0.25) is 0 Å². The summed E-state index contributed by atoms with van der Waals surface area (Å²) in [5.74, 6) is 0.844. The Morgan fingerprint density at radius 2 is 2.12 bits per heavy atom. The molecule has 2 rings (SSSR count). The predicted molar refractivity (Wildman–Crippen MR) is 67.7 cm³/mol. The number of benzene rings is 1. The minimum Gasteiger partial charge on any atom is -0.496 e. The minimum atomic E-state index is 0.755. The van der Waals surface area contributed by atoms with E-state index in [-0.39, 0.29) is 0 Å². The summed E-state index contributed by atoms with van der Waals surface area (Å²) in [6, 6.07) is 7.90. The summed E-state index contributed by atoms with van der Waals surface area (Å²) in [4.78, 5) is 7.64. The molecule has 0 bridgehead atoms. The Hall–Kier alpha value is -1.29. The van der Waals surface area contributed by atoms with E-state index in [1.165, 1.54) is 0 Å². The van der Waals surface area contributed by atoms with Crippen molar-refractivity contribution in [1.29, 1.82) is 0 Å². The monoisotopic (exact) mass is 280 g/mol. The molecule has 3 nitrogen and oxygen atoms in total. The normalized spacial score (nSPS) is 10.4. The first-order valence-corrected chi connectivity index (χ1v) is 5.93. The average molecular weight is 281 g/mol. The first-order valence-electron chi connectivity index (χ1n) is 5.14. The number of ether oxygens (including phenoxy) is 1. The van der Waals surface area contributed by atoms with Crippen molar-refractivity contribution < 1.29 is 4.74 Å². The highest BCUT2D eigenvalue weighted by Gasteiger charge is 2.13. The fraction of sp³-hybridized carbons (Fsp3) is 0.250. The molecule has 1 aromatic heterocycles. The Balaban J connectivity index is 2.57. The summed E-state index contributed by atoms with van der Waals surface area (Å²) >= 11 is 3.36. The molecule has 0 aliphatic carbocycles. The van der Waals surface area contributed by atoms with E-state index in [0.29, 0.717) is 0 Å². The molecule has 16 heavy (non-hydrogen) atoms. The highest BCUT2D eigenvalue weighted by atomic mass is 79.9. The van der Waals surface area contributed by atoms with Crippen LogP contribution in [0.5, 0.6) is 5.75 Å². The molecule has 0 saturated carbocycles. The molecule has 0 radical (unpaired) electrons. The zero-order valence-electron chi connectivity index (χ0n) is 9.25. The maximum Gasteiger partial charge on any atom is 0.175 e. The maximum atomic E-state index is 5.34. The molecule has 0 aliphatic heterocycles. The summed E-state index contributed by atoms with van der Waals surface area (Å²) in [6.45, 7) is 2.10. The van der Waals surface area contributed by atoms with Crippen molar-refractivity contribution in [3.8, 4) is 17.0 Å². The molecular weight excluding hydrogens is 268 g/mol. The van der Waals surface area contributed by atoms with Gasteiger partial charge in [0.2, 0.25) is 0 Å². The first-order chi connectivity index (χ1) is 7.76. The molecule has 4 heteroatoms. The van der Waals surface area contributed by atoms with Gasteiger partial charge >= 0.3 is 0 Å². The summed E-state index contributed by atoms with van der Waals surface area (Å²) < 4.78 is 6.09. The van der Waals surface area contributed by atoms with Crippen LogP contribution in [-0.4, -0.2) is 17.1 Å². The van der Waals surface area contributed by atoms with Crippen LogP contribution in [0.25, 0.3) is 11.3 Å². The molecular formula is C12H13BrN2O. The van der Waals surface area contributed by atoms with Gasteiger partial charge in [0.1, 0.15) is 5.75 Å². The van der Waals surface area contributed by atoms with E-state index in [9.17, 15) is 0 Å². The Labute approximate surface area is 103 Å². The summed E-state index contributed by atoms with van der Waals surface area (Å²) in [5.41, 5.74) is 3.08. The Kier molecular flexibility index (Phi) is 3.29. The summed E-state index contributed by atoms with van der Waals surface area (Å²) in [5, 5.41) is 0. The number of hydrogen-bond acceptors (Lipinski definition) is 2. The molecule has 1 heterocycles. The molecule has 84 valence electrons.